The fourth-order valence-electron chi connectivity index (χ4n) is 2.72. The van der Waals surface area contributed by atoms with Crippen molar-refractivity contribution in [3.05, 3.63) is 35.4 Å². The fourth-order valence-corrected chi connectivity index (χ4v) is 2.72. The largest absolute Gasteiger partial charge is 0.456 e. The van der Waals surface area contributed by atoms with Crippen LogP contribution in [0.3, 0.4) is 0 Å². The van der Waals surface area contributed by atoms with Crippen LogP contribution in [0.15, 0.2) is 24.3 Å². The molecule has 1 heterocycles. The molecule has 1 aliphatic rings. The Kier molecular flexibility index (Phi) is 5.59. The topological polar surface area (TPSA) is 55.6 Å². The molecule has 22 heavy (non-hydrogen) atoms. The lowest BCUT2D eigenvalue weighted by molar-refractivity contribution is 0.00695. The van der Waals surface area contributed by atoms with Crippen LogP contribution in [0.2, 0.25) is 0 Å². The number of carbonyl (C=O) groups excluding carboxylic acids is 1. The third kappa shape index (κ3) is 5.11. The molecule has 4 heteroatoms. The van der Waals surface area contributed by atoms with Gasteiger partial charge in [0.15, 0.2) is 0 Å². The molecule has 0 saturated carbocycles. The Morgan fingerprint density at radius 3 is 2.32 bits per heavy atom. The van der Waals surface area contributed by atoms with Gasteiger partial charge in [0.2, 0.25) is 0 Å². The summed E-state index contributed by atoms with van der Waals surface area (Å²) in [5.41, 5.74) is 7.12. The monoisotopic (exact) mass is 304 g/mol. The van der Waals surface area contributed by atoms with Crippen molar-refractivity contribution in [1.82, 2.24) is 4.90 Å². The summed E-state index contributed by atoms with van der Waals surface area (Å²) in [7, 11) is 0. The molecule has 0 spiro atoms. The van der Waals surface area contributed by atoms with Crippen molar-refractivity contribution in [2.45, 2.75) is 45.8 Å². The maximum atomic E-state index is 12.0. The Bertz CT molecular complexity index is 483. The minimum absolute atomic E-state index is 0.261. The zero-order chi connectivity index (χ0) is 16.2. The second-order valence-electron chi connectivity index (χ2n) is 7.15. The van der Waals surface area contributed by atoms with Crippen LogP contribution >= 0.6 is 0 Å². The van der Waals surface area contributed by atoms with E-state index in [1.165, 1.54) is 18.4 Å². The van der Waals surface area contributed by atoms with Gasteiger partial charge in [0.1, 0.15) is 5.60 Å². The van der Waals surface area contributed by atoms with Gasteiger partial charge < -0.3 is 10.5 Å². The number of likely N-dealkylation sites (tertiary alicyclic amines) is 1. The summed E-state index contributed by atoms with van der Waals surface area (Å²) in [5.74, 6) is 0.425. The van der Waals surface area contributed by atoms with E-state index in [1.54, 1.807) is 0 Å². The Morgan fingerprint density at radius 1 is 1.23 bits per heavy atom. The zero-order valence-corrected chi connectivity index (χ0v) is 14.0. The number of nitrogens with two attached hydrogens (primary N) is 1. The summed E-state index contributed by atoms with van der Waals surface area (Å²) >= 11 is 0. The number of hydrogen-bond acceptors (Lipinski definition) is 4. The van der Waals surface area contributed by atoms with Crippen LogP contribution in [-0.2, 0) is 11.3 Å². The molecule has 1 fully saturated rings. The summed E-state index contributed by atoms with van der Waals surface area (Å²) in [4.78, 5) is 14.4. The number of benzene rings is 1. The average Bonchev–Trinajstić information content (AvgIpc) is 2.47. The van der Waals surface area contributed by atoms with E-state index in [0.717, 1.165) is 26.2 Å². The molecule has 0 aromatic heterocycles. The predicted molar refractivity (Wildman–Crippen MR) is 88.7 cm³/mol. The molecule has 2 rings (SSSR count). The van der Waals surface area contributed by atoms with Crippen molar-refractivity contribution < 1.29 is 9.53 Å². The predicted octanol–water partition coefficient (Wildman–Crippen LogP) is 2.81. The molecule has 0 atom stereocenters. The third-order valence-electron chi connectivity index (χ3n) is 4.04. The number of hydrogen-bond donors (Lipinski definition) is 1. The van der Waals surface area contributed by atoms with E-state index in [9.17, 15) is 4.79 Å². The van der Waals surface area contributed by atoms with Gasteiger partial charge in [0, 0.05) is 6.54 Å². The van der Waals surface area contributed by atoms with Crippen LogP contribution in [0.4, 0.5) is 0 Å². The molecular weight excluding hydrogens is 276 g/mol. The van der Waals surface area contributed by atoms with Crippen molar-refractivity contribution in [3.8, 4) is 0 Å². The highest BCUT2D eigenvalue weighted by molar-refractivity contribution is 5.89. The third-order valence-corrected chi connectivity index (χ3v) is 4.04. The van der Waals surface area contributed by atoms with Crippen molar-refractivity contribution in [2.24, 2.45) is 11.7 Å². The van der Waals surface area contributed by atoms with E-state index in [-0.39, 0.29) is 5.97 Å². The standard InChI is InChI=1S/C18H28N2O2/c1-18(2,3)22-17(21)16-6-4-15(5-7-16)13-20-10-8-14(12-19)9-11-20/h4-7,14H,8-13,19H2,1-3H3. The first-order valence-electron chi connectivity index (χ1n) is 8.12. The molecule has 122 valence electrons. The number of ether oxygens (including phenoxy) is 1. The molecule has 1 aromatic rings. The van der Waals surface area contributed by atoms with Gasteiger partial charge in [-0.15, -0.1) is 0 Å². The molecule has 4 nitrogen and oxygen atoms in total. The Balaban J connectivity index is 1.88. The van der Waals surface area contributed by atoms with E-state index in [4.69, 9.17) is 10.5 Å². The first kappa shape index (κ1) is 17.0. The molecule has 0 amide bonds. The lowest BCUT2D eigenvalue weighted by Gasteiger charge is -2.31. The number of piperidine rings is 1. The number of carbonyl (C=O) groups is 1. The van der Waals surface area contributed by atoms with Gasteiger partial charge in [-0.25, -0.2) is 4.79 Å². The van der Waals surface area contributed by atoms with E-state index in [0.29, 0.717) is 11.5 Å². The van der Waals surface area contributed by atoms with Gasteiger partial charge in [0.25, 0.3) is 0 Å². The minimum Gasteiger partial charge on any atom is -0.456 e. The van der Waals surface area contributed by atoms with E-state index in [1.807, 2.05) is 45.0 Å². The molecule has 0 aliphatic carbocycles. The quantitative estimate of drug-likeness (QED) is 0.869. The molecule has 0 radical (unpaired) electrons. The van der Waals surface area contributed by atoms with Crippen LogP contribution in [0.1, 0.15) is 49.5 Å². The normalized spacial score (nSPS) is 17.5. The van der Waals surface area contributed by atoms with Crippen LogP contribution in [0.5, 0.6) is 0 Å². The van der Waals surface area contributed by atoms with Crippen LogP contribution in [0.25, 0.3) is 0 Å². The molecule has 1 aromatic carbocycles. The first-order valence-corrected chi connectivity index (χ1v) is 8.12. The highest BCUT2D eigenvalue weighted by Crippen LogP contribution is 2.19. The van der Waals surface area contributed by atoms with Crippen LogP contribution in [0, 0.1) is 5.92 Å². The molecule has 0 unspecified atom stereocenters. The molecule has 0 bridgehead atoms. The van der Waals surface area contributed by atoms with Crippen molar-refractivity contribution in [2.75, 3.05) is 19.6 Å². The smallest absolute Gasteiger partial charge is 0.338 e. The number of esters is 1. The van der Waals surface area contributed by atoms with E-state index in [2.05, 4.69) is 4.90 Å². The van der Waals surface area contributed by atoms with Gasteiger partial charge in [-0.1, -0.05) is 12.1 Å². The molecular formula is C18H28N2O2. The fraction of sp³-hybridized carbons (Fsp3) is 0.611. The van der Waals surface area contributed by atoms with Gasteiger partial charge in [0.05, 0.1) is 5.56 Å². The van der Waals surface area contributed by atoms with Gasteiger partial charge in [-0.3, -0.25) is 4.90 Å². The summed E-state index contributed by atoms with van der Waals surface area (Å²) in [6, 6.07) is 7.76. The Hall–Kier alpha value is -1.39. The Labute approximate surface area is 133 Å². The van der Waals surface area contributed by atoms with Gasteiger partial charge >= 0.3 is 5.97 Å². The zero-order valence-electron chi connectivity index (χ0n) is 14.0. The first-order chi connectivity index (χ1) is 10.4. The van der Waals surface area contributed by atoms with Crippen molar-refractivity contribution in [3.63, 3.8) is 0 Å². The summed E-state index contributed by atoms with van der Waals surface area (Å²) < 4.78 is 5.38. The second-order valence-corrected chi connectivity index (χ2v) is 7.15. The molecule has 1 aliphatic heterocycles. The SMILES string of the molecule is CC(C)(C)OC(=O)c1ccc(CN2CCC(CN)CC2)cc1. The van der Waals surface area contributed by atoms with E-state index < -0.39 is 5.60 Å². The molecule has 2 N–H and O–H groups in total. The maximum absolute atomic E-state index is 12.0. The lowest BCUT2D eigenvalue weighted by Crippen LogP contribution is -2.35. The van der Waals surface area contributed by atoms with Crippen molar-refractivity contribution in [1.29, 1.82) is 0 Å². The Morgan fingerprint density at radius 2 is 1.82 bits per heavy atom. The van der Waals surface area contributed by atoms with Crippen LogP contribution in [-0.4, -0.2) is 36.1 Å². The maximum Gasteiger partial charge on any atom is 0.338 e. The number of rotatable bonds is 4. The minimum atomic E-state index is -0.455. The highest BCUT2D eigenvalue weighted by atomic mass is 16.6. The lowest BCUT2D eigenvalue weighted by atomic mass is 9.97. The number of nitrogens with zero attached hydrogens (tertiary/aromatic N) is 1. The van der Waals surface area contributed by atoms with Gasteiger partial charge in [-0.2, -0.15) is 0 Å². The summed E-state index contributed by atoms with van der Waals surface area (Å²) in [6.07, 6.45) is 2.37. The van der Waals surface area contributed by atoms with E-state index >= 15 is 0 Å². The summed E-state index contributed by atoms with van der Waals surface area (Å²) in [6.45, 7) is 9.59. The van der Waals surface area contributed by atoms with Gasteiger partial charge in [-0.05, 0) is 76.9 Å². The average molecular weight is 304 g/mol. The second kappa shape index (κ2) is 7.25. The molecule has 1 saturated heterocycles. The van der Waals surface area contributed by atoms with Crippen LogP contribution < -0.4 is 5.73 Å². The highest BCUT2D eigenvalue weighted by Gasteiger charge is 2.19. The van der Waals surface area contributed by atoms with Crippen molar-refractivity contribution >= 4 is 5.97 Å². The summed E-state index contributed by atoms with van der Waals surface area (Å²) in [5, 5.41) is 0.